The number of aromatic nitrogens is 1. The number of epoxide rings is 1. The zero-order valence-corrected chi connectivity index (χ0v) is 6.28. The van der Waals surface area contributed by atoms with Crippen LogP contribution in [0.1, 0.15) is 11.7 Å². The molecule has 0 N–H and O–H groups in total. The van der Waals surface area contributed by atoms with Gasteiger partial charge in [0.15, 0.2) is 0 Å². The molecule has 0 saturated carbocycles. The first-order chi connectivity index (χ1) is 5.42. The van der Waals surface area contributed by atoms with Gasteiger partial charge in [0.05, 0.1) is 19.9 Å². The van der Waals surface area contributed by atoms with Crippen molar-refractivity contribution in [3.05, 3.63) is 24.0 Å². The lowest BCUT2D eigenvalue weighted by Gasteiger charge is -2.02. The Morgan fingerprint density at radius 3 is 3.18 bits per heavy atom. The van der Waals surface area contributed by atoms with E-state index >= 15 is 0 Å². The summed E-state index contributed by atoms with van der Waals surface area (Å²) >= 11 is 0. The van der Waals surface area contributed by atoms with Crippen molar-refractivity contribution in [3.8, 4) is 5.75 Å². The smallest absolute Gasteiger partial charge is 0.143 e. The summed E-state index contributed by atoms with van der Waals surface area (Å²) < 4.78 is 10.2. The summed E-state index contributed by atoms with van der Waals surface area (Å²) in [5, 5.41) is 0. The van der Waals surface area contributed by atoms with Crippen LogP contribution >= 0.6 is 0 Å². The Kier molecular flexibility index (Phi) is 1.51. The summed E-state index contributed by atoms with van der Waals surface area (Å²) in [4.78, 5) is 3.95. The van der Waals surface area contributed by atoms with Crippen molar-refractivity contribution in [2.75, 3.05) is 13.7 Å². The van der Waals surface area contributed by atoms with Gasteiger partial charge in [0.25, 0.3) is 0 Å². The second-order valence-electron chi connectivity index (χ2n) is 2.44. The highest BCUT2D eigenvalue weighted by Crippen LogP contribution is 2.35. The normalized spacial score (nSPS) is 21.4. The number of ether oxygens (including phenoxy) is 2. The van der Waals surface area contributed by atoms with Crippen LogP contribution in [0.15, 0.2) is 18.5 Å². The van der Waals surface area contributed by atoms with Gasteiger partial charge in [0.2, 0.25) is 0 Å². The standard InChI is InChI=1S/C8H9NO2/c1-10-7-4-9-3-2-6(7)8-5-11-8/h2-4,8H,5H2,1H3. The van der Waals surface area contributed by atoms with Gasteiger partial charge in [-0.25, -0.2) is 0 Å². The third-order valence-corrected chi connectivity index (χ3v) is 1.72. The molecule has 3 nitrogen and oxygen atoms in total. The Balaban J connectivity index is 2.34. The second kappa shape index (κ2) is 2.51. The molecule has 11 heavy (non-hydrogen) atoms. The number of rotatable bonds is 2. The molecule has 2 rings (SSSR count). The maximum atomic E-state index is 5.13. The van der Waals surface area contributed by atoms with E-state index < -0.39 is 0 Å². The predicted molar refractivity (Wildman–Crippen MR) is 39.5 cm³/mol. The Labute approximate surface area is 65.0 Å². The number of hydrogen-bond donors (Lipinski definition) is 0. The van der Waals surface area contributed by atoms with Crippen LogP contribution in [-0.2, 0) is 4.74 Å². The highest BCUT2D eigenvalue weighted by Gasteiger charge is 2.27. The molecule has 58 valence electrons. The molecule has 0 radical (unpaired) electrons. The van der Waals surface area contributed by atoms with Crippen molar-refractivity contribution in [1.29, 1.82) is 0 Å². The summed E-state index contributed by atoms with van der Waals surface area (Å²) in [7, 11) is 1.64. The molecule has 1 atom stereocenters. The van der Waals surface area contributed by atoms with Gasteiger partial charge >= 0.3 is 0 Å². The minimum Gasteiger partial charge on any atom is -0.495 e. The van der Waals surface area contributed by atoms with Crippen LogP contribution in [0.2, 0.25) is 0 Å². The Bertz CT molecular complexity index is 258. The van der Waals surface area contributed by atoms with Gasteiger partial charge in [-0.3, -0.25) is 4.98 Å². The molecule has 1 saturated heterocycles. The van der Waals surface area contributed by atoms with Gasteiger partial charge in [0, 0.05) is 11.8 Å². The molecule has 3 heteroatoms. The van der Waals surface area contributed by atoms with E-state index in [0.29, 0.717) is 0 Å². The number of hydrogen-bond acceptors (Lipinski definition) is 3. The number of pyridine rings is 1. The monoisotopic (exact) mass is 151 g/mol. The van der Waals surface area contributed by atoms with E-state index in [0.717, 1.165) is 17.9 Å². The van der Waals surface area contributed by atoms with Crippen molar-refractivity contribution in [3.63, 3.8) is 0 Å². The molecule has 0 spiro atoms. The Morgan fingerprint density at radius 2 is 2.55 bits per heavy atom. The van der Waals surface area contributed by atoms with Gasteiger partial charge < -0.3 is 9.47 Å². The van der Waals surface area contributed by atoms with Crippen LogP contribution < -0.4 is 4.74 Å². The van der Waals surface area contributed by atoms with Crippen LogP contribution in [-0.4, -0.2) is 18.7 Å². The summed E-state index contributed by atoms with van der Waals surface area (Å²) in [6.45, 7) is 0.806. The summed E-state index contributed by atoms with van der Waals surface area (Å²) in [6.07, 6.45) is 3.70. The predicted octanol–water partition coefficient (Wildman–Crippen LogP) is 1.16. The van der Waals surface area contributed by atoms with Crippen LogP contribution in [0.4, 0.5) is 0 Å². The van der Waals surface area contributed by atoms with E-state index in [2.05, 4.69) is 4.98 Å². The SMILES string of the molecule is COc1cnccc1C1CO1. The fourth-order valence-corrected chi connectivity index (χ4v) is 1.05. The van der Waals surface area contributed by atoms with Gasteiger partial charge in [-0.1, -0.05) is 0 Å². The van der Waals surface area contributed by atoms with Gasteiger partial charge in [-0.2, -0.15) is 0 Å². The largest absolute Gasteiger partial charge is 0.495 e. The molecule has 0 aromatic carbocycles. The molecule has 1 aromatic rings. The van der Waals surface area contributed by atoms with E-state index in [9.17, 15) is 0 Å². The molecule has 1 unspecified atom stereocenters. The van der Waals surface area contributed by atoms with E-state index in [1.54, 1.807) is 19.5 Å². The molecule has 1 aliphatic rings. The van der Waals surface area contributed by atoms with Crippen LogP contribution in [0.5, 0.6) is 5.75 Å². The first kappa shape index (κ1) is 6.61. The zero-order valence-electron chi connectivity index (χ0n) is 6.28. The first-order valence-electron chi connectivity index (χ1n) is 3.51. The summed E-state index contributed by atoms with van der Waals surface area (Å²) in [6, 6.07) is 1.93. The molecule has 2 heterocycles. The van der Waals surface area contributed by atoms with Gasteiger partial charge in [-0.05, 0) is 6.07 Å². The lowest BCUT2D eigenvalue weighted by molar-refractivity contribution is 0.382. The van der Waals surface area contributed by atoms with Crippen molar-refractivity contribution in [1.82, 2.24) is 4.98 Å². The molecular weight excluding hydrogens is 142 g/mol. The second-order valence-corrected chi connectivity index (χ2v) is 2.44. The average Bonchev–Trinajstić information content (AvgIpc) is 2.87. The third-order valence-electron chi connectivity index (χ3n) is 1.72. The van der Waals surface area contributed by atoms with Crippen LogP contribution in [0, 0.1) is 0 Å². The fourth-order valence-electron chi connectivity index (χ4n) is 1.05. The Hall–Kier alpha value is -1.09. The minimum absolute atomic E-state index is 0.243. The highest BCUT2D eigenvalue weighted by atomic mass is 16.6. The fraction of sp³-hybridized carbons (Fsp3) is 0.375. The van der Waals surface area contributed by atoms with Crippen molar-refractivity contribution < 1.29 is 9.47 Å². The lowest BCUT2D eigenvalue weighted by atomic mass is 10.2. The van der Waals surface area contributed by atoms with Crippen molar-refractivity contribution >= 4 is 0 Å². The molecule has 0 bridgehead atoms. The molecule has 0 aliphatic carbocycles. The molecule has 1 aromatic heterocycles. The van der Waals surface area contributed by atoms with Crippen LogP contribution in [0.3, 0.4) is 0 Å². The highest BCUT2D eigenvalue weighted by molar-refractivity contribution is 5.33. The molecular formula is C8H9NO2. The quantitative estimate of drug-likeness (QED) is 0.595. The molecule has 1 fully saturated rings. The van der Waals surface area contributed by atoms with E-state index in [-0.39, 0.29) is 6.10 Å². The topological polar surface area (TPSA) is 34.6 Å². The Morgan fingerprint density at radius 1 is 1.73 bits per heavy atom. The number of methoxy groups -OCH3 is 1. The van der Waals surface area contributed by atoms with Gasteiger partial charge in [0.1, 0.15) is 11.9 Å². The van der Waals surface area contributed by atoms with Crippen molar-refractivity contribution in [2.45, 2.75) is 6.10 Å². The van der Waals surface area contributed by atoms with E-state index in [1.807, 2.05) is 6.07 Å². The summed E-state index contributed by atoms with van der Waals surface area (Å²) in [5.41, 5.74) is 1.10. The van der Waals surface area contributed by atoms with Gasteiger partial charge in [-0.15, -0.1) is 0 Å². The third kappa shape index (κ3) is 1.19. The van der Waals surface area contributed by atoms with Crippen molar-refractivity contribution in [2.24, 2.45) is 0 Å². The van der Waals surface area contributed by atoms with E-state index in [1.165, 1.54) is 0 Å². The minimum atomic E-state index is 0.243. The average molecular weight is 151 g/mol. The molecule has 1 aliphatic heterocycles. The summed E-state index contributed by atoms with van der Waals surface area (Å²) in [5.74, 6) is 0.815. The zero-order chi connectivity index (χ0) is 7.68. The maximum absolute atomic E-state index is 5.13. The van der Waals surface area contributed by atoms with Crippen LogP contribution in [0.25, 0.3) is 0 Å². The first-order valence-corrected chi connectivity index (χ1v) is 3.51. The van der Waals surface area contributed by atoms with E-state index in [4.69, 9.17) is 9.47 Å². The lowest BCUT2D eigenvalue weighted by Crippen LogP contribution is -1.90. The number of nitrogens with zero attached hydrogens (tertiary/aromatic N) is 1. The molecule has 0 amide bonds. The maximum Gasteiger partial charge on any atom is 0.143 e.